The molecule has 0 unspecified atom stereocenters. The average Bonchev–Trinajstić information content (AvgIpc) is 2.61. The Hall–Kier alpha value is -1.68. The van der Waals surface area contributed by atoms with Crippen LogP contribution in [0.1, 0.15) is 11.5 Å². The predicted molar refractivity (Wildman–Crippen MR) is 52.5 cm³/mol. The standard InChI is InChI=1S/C10H11N3O/c1-7-10(13-9(6-14)12-7)8-3-2-4-11-5-8/h2-5,14H,6H2,1H3,(H,12,13). The van der Waals surface area contributed by atoms with Gasteiger partial charge in [0.25, 0.3) is 0 Å². The van der Waals surface area contributed by atoms with Gasteiger partial charge in [0.15, 0.2) is 0 Å². The minimum atomic E-state index is -0.0684. The normalized spacial score (nSPS) is 10.4. The fraction of sp³-hybridized carbons (Fsp3) is 0.200. The van der Waals surface area contributed by atoms with Crippen LogP contribution in [0.15, 0.2) is 24.5 Å². The highest BCUT2D eigenvalue weighted by Crippen LogP contribution is 2.19. The maximum atomic E-state index is 8.91. The van der Waals surface area contributed by atoms with Crippen molar-refractivity contribution in [3.8, 4) is 11.3 Å². The monoisotopic (exact) mass is 189 g/mol. The third-order valence-corrected chi connectivity index (χ3v) is 2.02. The molecule has 0 aromatic carbocycles. The second kappa shape index (κ2) is 3.59. The molecular formula is C10H11N3O. The molecule has 4 heteroatoms. The van der Waals surface area contributed by atoms with E-state index in [0.717, 1.165) is 17.0 Å². The molecule has 0 amide bonds. The largest absolute Gasteiger partial charge is 0.388 e. The zero-order valence-corrected chi connectivity index (χ0v) is 7.86. The molecule has 0 bridgehead atoms. The molecule has 0 spiro atoms. The number of rotatable bonds is 2. The molecule has 4 nitrogen and oxygen atoms in total. The van der Waals surface area contributed by atoms with E-state index in [1.54, 1.807) is 12.4 Å². The van der Waals surface area contributed by atoms with Gasteiger partial charge in [0.05, 0.1) is 5.69 Å². The van der Waals surface area contributed by atoms with Crippen LogP contribution in [0, 0.1) is 6.92 Å². The Kier molecular flexibility index (Phi) is 2.28. The number of nitrogens with zero attached hydrogens (tertiary/aromatic N) is 2. The highest BCUT2D eigenvalue weighted by atomic mass is 16.3. The van der Waals surface area contributed by atoms with Gasteiger partial charge >= 0.3 is 0 Å². The van der Waals surface area contributed by atoms with Crippen LogP contribution in [0.4, 0.5) is 0 Å². The van der Waals surface area contributed by atoms with Gasteiger partial charge in [0, 0.05) is 23.7 Å². The molecule has 0 atom stereocenters. The van der Waals surface area contributed by atoms with Gasteiger partial charge < -0.3 is 10.1 Å². The van der Waals surface area contributed by atoms with E-state index in [-0.39, 0.29) is 6.61 Å². The van der Waals surface area contributed by atoms with Gasteiger partial charge in [-0.25, -0.2) is 4.98 Å². The van der Waals surface area contributed by atoms with Crippen LogP contribution in [0.2, 0.25) is 0 Å². The Morgan fingerprint density at radius 1 is 1.50 bits per heavy atom. The van der Waals surface area contributed by atoms with Crippen molar-refractivity contribution >= 4 is 0 Å². The fourth-order valence-corrected chi connectivity index (χ4v) is 1.38. The molecule has 0 saturated carbocycles. The summed E-state index contributed by atoms with van der Waals surface area (Å²) in [6, 6.07) is 3.80. The number of aryl methyl sites for hydroxylation is 1. The van der Waals surface area contributed by atoms with Crippen molar-refractivity contribution < 1.29 is 5.11 Å². The molecule has 2 aromatic heterocycles. The van der Waals surface area contributed by atoms with Crippen LogP contribution < -0.4 is 0 Å². The topological polar surface area (TPSA) is 61.8 Å². The van der Waals surface area contributed by atoms with Gasteiger partial charge in [0.2, 0.25) is 0 Å². The summed E-state index contributed by atoms with van der Waals surface area (Å²) in [4.78, 5) is 11.3. The molecule has 72 valence electrons. The summed E-state index contributed by atoms with van der Waals surface area (Å²) < 4.78 is 0. The summed E-state index contributed by atoms with van der Waals surface area (Å²) in [7, 11) is 0. The van der Waals surface area contributed by atoms with Gasteiger partial charge in [-0.3, -0.25) is 4.98 Å². The first-order valence-corrected chi connectivity index (χ1v) is 4.38. The molecule has 0 aliphatic heterocycles. The van der Waals surface area contributed by atoms with Crippen LogP contribution in [-0.4, -0.2) is 20.1 Å². The van der Waals surface area contributed by atoms with E-state index >= 15 is 0 Å². The number of nitrogens with one attached hydrogen (secondary N) is 1. The molecule has 0 aliphatic carbocycles. The van der Waals surface area contributed by atoms with E-state index in [0.29, 0.717) is 5.82 Å². The van der Waals surface area contributed by atoms with Gasteiger partial charge in [-0.15, -0.1) is 0 Å². The zero-order valence-electron chi connectivity index (χ0n) is 7.86. The first kappa shape index (κ1) is 8.90. The van der Waals surface area contributed by atoms with Gasteiger partial charge in [-0.2, -0.15) is 0 Å². The Morgan fingerprint density at radius 2 is 2.36 bits per heavy atom. The minimum absolute atomic E-state index is 0.0684. The lowest BCUT2D eigenvalue weighted by molar-refractivity contribution is 0.272. The lowest BCUT2D eigenvalue weighted by Gasteiger charge is -1.95. The van der Waals surface area contributed by atoms with Crippen LogP contribution in [0.5, 0.6) is 0 Å². The van der Waals surface area contributed by atoms with Gasteiger partial charge in [-0.1, -0.05) is 0 Å². The third-order valence-electron chi connectivity index (χ3n) is 2.02. The van der Waals surface area contributed by atoms with Gasteiger partial charge in [0.1, 0.15) is 12.4 Å². The molecule has 0 aliphatic rings. The second-order valence-corrected chi connectivity index (χ2v) is 3.06. The SMILES string of the molecule is Cc1[nH]c(CO)nc1-c1cccnc1. The van der Waals surface area contributed by atoms with Crippen molar-refractivity contribution in [1.82, 2.24) is 15.0 Å². The summed E-state index contributed by atoms with van der Waals surface area (Å²) in [5.41, 5.74) is 2.75. The van der Waals surface area contributed by atoms with Crippen LogP contribution in [0.25, 0.3) is 11.3 Å². The molecule has 0 radical (unpaired) electrons. The van der Waals surface area contributed by atoms with Crippen molar-refractivity contribution in [3.63, 3.8) is 0 Å². The van der Waals surface area contributed by atoms with Crippen molar-refractivity contribution in [2.45, 2.75) is 13.5 Å². The Labute approximate surface area is 81.7 Å². The van der Waals surface area contributed by atoms with Crippen molar-refractivity contribution in [2.75, 3.05) is 0 Å². The fourth-order valence-electron chi connectivity index (χ4n) is 1.38. The van der Waals surface area contributed by atoms with Crippen LogP contribution in [-0.2, 0) is 6.61 Å². The van der Waals surface area contributed by atoms with Crippen molar-refractivity contribution in [2.24, 2.45) is 0 Å². The maximum absolute atomic E-state index is 8.91. The lowest BCUT2D eigenvalue weighted by Crippen LogP contribution is -1.84. The van der Waals surface area contributed by atoms with Crippen LogP contribution >= 0.6 is 0 Å². The zero-order chi connectivity index (χ0) is 9.97. The minimum Gasteiger partial charge on any atom is -0.388 e. The smallest absolute Gasteiger partial charge is 0.132 e. The molecule has 2 rings (SSSR count). The summed E-state index contributed by atoms with van der Waals surface area (Å²) in [5, 5.41) is 8.91. The number of aliphatic hydroxyl groups excluding tert-OH is 1. The first-order valence-electron chi connectivity index (χ1n) is 4.38. The Morgan fingerprint density at radius 3 is 2.93 bits per heavy atom. The number of hydrogen-bond acceptors (Lipinski definition) is 3. The third kappa shape index (κ3) is 1.52. The van der Waals surface area contributed by atoms with Crippen molar-refractivity contribution in [3.05, 3.63) is 36.0 Å². The van der Waals surface area contributed by atoms with Gasteiger partial charge in [-0.05, 0) is 19.1 Å². The number of hydrogen-bond donors (Lipinski definition) is 2. The van der Waals surface area contributed by atoms with E-state index in [1.165, 1.54) is 0 Å². The summed E-state index contributed by atoms with van der Waals surface area (Å²) in [6.45, 7) is 1.86. The maximum Gasteiger partial charge on any atom is 0.132 e. The van der Waals surface area contributed by atoms with E-state index in [1.807, 2.05) is 19.1 Å². The Balaban J connectivity index is 2.46. The predicted octanol–water partition coefficient (Wildman–Crippen LogP) is 1.27. The highest BCUT2D eigenvalue weighted by Gasteiger charge is 2.07. The lowest BCUT2D eigenvalue weighted by atomic mass is 10.2. The van der Waals surface area contributed by atoms with E-state index < -0.39 is 0 Å². The van der Waals surface area contributed by atoms with Crippen molar-refractivity contribution in [1.29, 1.82) is 0 Å². The summed E-state index contributed by atoms with van der Waals surface area (Å²) in [6.07, 6.45) is 3.47. The van der Waals surface area contributed by atoms with E-state index in [4.69, 9.17) is 5.11 Å². The van der Waals surface area contributed by atoms with E-state index in [2.05, 4.69) is 15.0 Å². The molecule has 2 aromatic rings. The average molecular weight is 189 g/mol. The highest BCUT2D eigenvalue weighted by molar-refractivity contribution is 5.60. The molecule has 0 fully saturated rings. The number of aromatic amines is 1. The number of aromatic nitrogens is 3. The number of pyridine rings is 1. The molecule has 2 N–H and O–H groups in total. The Bertz CT molecular complexity index is 422. The number of H-pyrrole nitrogens is 1. The van der Waals surface area contributed by atoms with Crippen LogP contribution in [0.3, 0.4) is 0 Å². The molecular weight excluding hydrogens is 178 g/mol. The molecule has 2 heterocycles. The quantitative estimate of drug-likeness (QED) is 0.747. The first-order chi connectivity index (χ1) is 6.81. The molecule has 0 saturated heterocycles. The second-order valence-electron chi connectivity index (χ2n) is 3.06. The van der Waals surface area contributed by atoms with E-state index in [9.17, 15) is 0 Å². The summed E-state index contributed by atoms with van der Waals surface area (Å²) in [5.74, 6) is 0.585. The summed E-state index contributed by atoms with van der Waals surface area (Å²) >= 11 is 0. The number of aliphatic hydroxyl groups is 1. The number of imidazole rings is 1. The molecule has 14 heavy (non-hydrogen) atoms.